The topological polar surface area (TPSA) is 35.2 Å². The maximum Gasteiger partial charge on any atom is 0.0480 e. The van der Waals surface area contributed by atoms with Gasteiger partial charge in [0.15, 0.2) is 0 Å². The summed E-state index contributed by atoms with van der Waals surface area (Å²) in [5.74, 6) is 0.714. The lowest BCUT2D eigenvalue weighted by Crippen LogP contribution is -2.25. The largest absolute Gasteiger partial charge is 0.381 e. The summed E-state index contributed by atoms with van der Waals surface area (Å²) >= 11 is 0. The Morgan fingerprint density at radius 1 is 1.11 bits per heavy atom. The fourth-order valence-electron chi connectivity index (χ4n) is 1.88. The average Bonchev–Trinajstić information content (AvgIpc) is 2.31. The molecule has 0 spiro atoms. The minimum atomic E-state index is 0.199. The van der Waals surface area contributed by atoms with E-state index in [0.717, 1.165) is 32.5 Å². The predicted molar refractivity (Wildman–Crippen MR) is 77.7 cm³/mol. The van der Waals surface area contributed by atoms with Crippen LogP contribution in [-0.2, 0) is 11.2 Å². The molecular weight excluding hydrogens is 222 g/mol. The lowest BCUT2D eigenvalue weighted by atomic mass is 10.0. The molecule has 0 heterocycles. The van der Waals surface area contributed by atoms with Gasteiger partial charge in [0.25, 0.3) is 0 Å². The second kappa shape index (κ2) is 8.28. The Balaban J connectivity index is 2.18. The van der Waals surface area contributed by atoms with E-state index in [2.05, 4.69) is 45.0 Å². The number of hydrogen-bond donors (Lipinski definition) is 1. The number of benzene rings is 1. The molecule has 2 N–H and O–H groups in total. The molecule has 0 fully saturated rings. The van der Waals surface area contributed by atoms with Crippen molar-refractivity contribution in [3.05, 3.63) is 35.4 Å². The fraction of sp³-hybridized carbons (Fsp3) is 0.625. The Bertz CT molecular complexity index is 336. The summed E-state index contributed by atoms with van der Waals surface area (Å²) in [5.41, 5.74) is 8.82. The Morgan fingerprint density at radius 2 is 1.78 bits per heavy atom. The molecule has 102 valence electrons. The molecule has 1 rings (SSSR count). The predicted octanol–water partition coefficient (Wildman–Crippen LogP) is 3.32. The number of hydrogen-bond acceptors (Lipinski definition) is 2. The molecule has 0 saturated heterocycles. The Labute approximate surface area is 112 Å². The summed E-state index contributed by atoms with van der Waals surface area (Å²) in [6, 6.07) is 8.65. The van der Waals surface area contributed by atoms with E-state index in [4.69, 9.17) is 10.5 Å². The Morgan fingerprint density at radius 3 is 2.44 bits per heavy atom. The summed E-state index contributed by atoms with van der Waals surface area (Å²) < 4.78 is 5.60. The summed E-state index contributed by atoms with van der Waals surface area (Å²) in [6.07, 6.45) is 3.01. The van der Waals surface area contributed by atoms with Crippen LogP contribution in [0.5, 0.6) is 0 Å². The quantitative estimate of drug-likeness (QED) is 0.717. The molecule has 0 aliphatic rings. The van der Waals surface area contributed by atoms with Crippen LogP contribution >= 0.6 is 0 Å². The smallest absolute Gasteiger partial charge is 0.0480 e. The second-order valence-corrected chi connectivity index (χ2v) is 5.47. The molecule has 2 nitrogen and oxygen atoms in total. The van der Waals surface area contributed by atoms with E-state index in [1.165, 1.54) is 11.1 Å². The first-order valence-electron chi connectivity index (χ1n) is 6.97. The van der Waals surface area contributed by atoms with Crippen LogP contribution in [0.25, 0.3) is 0 Å². The minimum absolute atomic E-state index is 0.199. The zero-order valence-electron chi connectivity index (χ0n) is 12.0. The van der Waals surface area contributed by atoms with Crippen LogP contribution in [0.4, 0.5) is 0 Å². The van der Waals surface area contributed by atoms with Crippen LogP contribution < -0.4 is 5.73 Å². The minimum Gasteiger partial charge on any atom is -0.381 e. The van der Waals surface area contributed by atoms with Gasteiger partial charge in [0.2, 0.25) is 0 Å². The normalized spacial score (nSPS) is 12.9. The SMILES string of the molecule is Cc1ccccc1CC(N)CCOCCC(C)C. The third-order valence-electron chi connectivity index (χ3n) is 3.22. The van der Waals surface area contributed by atoms with E-state index in [1.807, 2.05) is 0 Å². The zero-order valence-corrected chi connectivity index (χ0v) is 12.0. The molecule has 0 radical (unpaired) electrons. The molecule has 1 atom stereocenters. The van der Waals surface area contributed by atoms with Gasteiger partial charge < -0.3 is 10.5 Å². The highest BCUT2D eigenvalue weighted by Gasteiger charge is 2.06. The van der Waals surface area contributed by atoms with Crippen LogP contribution in [0, 0.1) is 12.8 Å². The fourth-order valence-corrected chi connectivity index (χ4v) is 1.88. The molecule has 0 amide bonds. The van der Waals surface area contributed by atoms with Gasteiger partial charge in [-0.05, 0) is 43.2 Å². The standard InChI is InChI=1S/C16H27NO/c1-13(2)8-10-18-11-9-16(17)12-15-7-5-4-6-14(15)3/h4-7,13,16H,8-12,17H2,1-3H3. The van der Waals surface area contributed by atoms with Gasteiger partial charge in [0.1, 0.15) is 0 Å². The van der Waals surface area contributed by atoms with E-state index in [-0.39, 0.29) is 6.04 Å². The van der Waals surface area contributed by atoms with Gasteiger partial charge in [0.05, 0.1) is 0 Å². The lowest BCUT2D eigenvalue weighted by molar-refractivity contribution is 0.117. The molecule has 0 aliphatic carbocycles. The molecule has 2 heteroatoms. The molecular formula is C16H27NO. The molecule has 0 bridgehead atoms. The van der Waals surface area contributed by atoms with Crippen LogP contribution in [0.15, 0.2) is 24.3 Å². The highest BCUT2D eigenvalue weighted by Crippen LogP contribution is 2.10. The van der Waals surface area contributed by atoms with E-state index >= 15 is 0 Å². The van der Waals surface area contributed by atoms with Crippen molar-refractivity contribution in [3.8, 4) is 0 Å². The van der Waals surface area contributed by atoms with Crippen molar-refractivity contribution in [2.45, 2.75) is 46.1 Å². The van der Waals surface area contributed by atoms with Crippen molar-refractivity contribution in [1.29, 1.82) is 0 Å². The van der Waals surface area contributed by atoms with E-state index in [1.54, 1.807) is 0 Å². The Kier molecular flexibility index (Phi) is 6.99. The van der Waals surface area contributed by atoms with Crippen molar-refractivity contribution < 1.29 is 4.74 Å². The maximum absolute atomic E-state index is 6.14. The third kappa shape index (κ3) is 6.18. The Hall–Kier alpha value is -0.860. The van der Waals surface area contributed by atoms with Crippen LogP contribution in [-0.4, -0.2) is 19.3 Å². The van der Waals surface area contributed by atoms with Gasteiger partial charge in [-0.3, -0.25) is 0 Å². The number of rotatable bonds is 8. The summed E-state index contributed by atoms with van der Waals surface area (Å²) in [5, 5.41) is 0. The van der Waals surface area contributed by atoms with Crippen molar-refractivity contribution in [3.63, 3.8) is 0 Å². The molecule has 1 aromatic carbocycles. The summed E-state index contributed by atoms with van der Waals surface area (Å²) in [6.45, 7) is 8.20. The molecule has 1 unspecified atom stereocenters. The zero-order chi connectivity index (χ0) is 13.4. The summed E-state index contributed by atoms with van der Waals surface area (Å²) in [7, 11) is 0. The highest BCUT2D eigenvalue weighted by atomic mass is 16.5. The maximum atomic E-state index is 6.14. The molecule has 0 aliphatic heterocycles. The summed E-state index contributed by atoms with van der Waals surface area (Å²) in [4.78, 5) is 0. The number of nitrogens with two attached hydrogens (primary N) is 1. The molecule has 0 aromatic heterocycles. The first-order valence-corrected chi connectivity index (χ1v) is 6.97. The molecule has 18 heavy (non-hydrogen) atoms. The monoisotopic (exact) mass is 249 g/mol. The second-order valence-electron chi connectivity index (χ2n) is 5.47. The van der Waals surface area contributed by atoms with Crippen LogP contribution in [0.1, 0.15) is 37.8 Å². The molecule has 1 aromatic rings. The van der Waals surface area contributed by atoms with E-state index < -0.39 is 0 Å². The van der Waals surface area contributed by atoms with Gasteiger partial charge in [-0.2, -0.15) is 0 Å². The van der Waals surface area contributed by atoms with Crippen LogP contribution in [0.3, 0.4) is 0 Å². The van der Waals surface area contributed by atoms with Crippen molar-refractivity contribution in [2.75, 3.05) is 13.2 Å². The lowest BCUT2D eigenvalue weighted by Gasteiger charge is -2.14. The number of ether oxygens (including phenoxy) is 1. The van der Waals surface area contributed by atoms with E-state index in [9.17, 15) is 0 Å². The van der Waals surface area contributed by atoms with Crippen molar-refractivity contribution in [2.24, 2.45) is 11.7 Å². The van der Waals surface area contributed by atoms with Gasteiger partial charge in [-0.15, -0.1) is 0 Å². The van der Waals surface area contributed by atoms with Crippen molar-refractivity contribution >= 4 is 0 Å². The first kappa shape index (κ1) is 15.2. The number of aryl methyl sites for hydroxylation is 1. The highest BCUT2D eigenvalue weighted by molar-refractivity contribution is 5.26. The molecule has 0 saturated carbocycles. The average molecular weight is 249 g/mol. The van der Waals surface area contributed by atoms with Gasteiger partial charge >= 0.3 is 0 Å². The van der Waals surface area contributed by atoms with E-state index in [0.29, 0.717) is 5.92 Å². The first-order chi connectivity index (χ1) is 8.59. The van der Waals surface area contributed by atoms with Gasteiger partial charge in [-0.1, -0.05) is 38.1 Å². The third-order valence-corrected chi connectivity index (χ3v) is 3.22. The van der Waals surface area contributed by atoms with Gasteiger partial charge in [0, 0.05) is 19.3 Å². The van der Waals surface area contributed by atoms with Gasteiger partial charge in [-0.25, -0.2) is 0 Å². The van der Waals surface area contributed by atoms with Crippen LogP contribution in [0.2, 0.25) is 0 Å². The van der Waals surface area contributed by atoms with Crippen molar-refractivity contribution in [1.82, 2.24) is 0 Å².